The Kier molecular flexibility index (Phi) is 5.41. The summed E-state index contributed by atoms with van der Waals surface area (Å²) in [6.45, 7) is 7.63. The highest BCUT2D eigenvalue weighted by molar-refractivity contribution is 5.14. The van der Waals surface area contributed by atoms with Gasteiger partial charge in [-0.3, -0.25) is 4.90 Å². The SMILES string of the molecule is CC1CCCC(N(CCN)Cc2ccccc2)C1C. The van der Waals surface area contributed by atoms with Crippen LogP contribution in [-0.2, 0) is 6.54 Å². The number of hydrogen-bond donors (Lipinski definition) is 1. The van der Waals surface area contributed by atoms with Crippen LogP contribution in [-0.4, -0.2) is 24.0 Å². The molecule has 1 fully saturated rings. The summed E-state index contributed by atoms with van der Waals surface area (Å²) in [6.07, 6.45) is 4.09. The van der Waals surface area contributed by atoms with Gasteiger partial charge in [-0.1, -0.05) is 57.0 Å². The molecule has 0 spiro atoms. The molecule has 19 heavy (non-hydrogen) atoms. The molecule has 2 heteroatoms. The molecule has 0 amide bonds. The fourth-order valence-electron chi connectivity index (χ4n) is 3.41. The Morgan fingerprint density at radius 2 is 1.89 bits per heavy atom. The van der Waals surface area contributed by atoms with Crippen molar-refractivity contribution < 1.29 is 0 Å². The Hall–Kier alpha value is -0.860. The lowest BCUT2D eigenvalue weighted by Gasteiger charge is -2.41. The van der Waals surface area contributed by atoms with Gasteiger partial charge in [-0.15, -0.1) is 0 Å². The first-order chi connectivity index (χ1) is 9.22. The Morgan fingerprint density at radius 1 is 1.16 bits per heavy atom. The molecule has 0 radical (unpaired) electrons. The van der Waals surface area contributed by atoms with Crippen molar-refractivity contribution in [1.29, 1.82) is 0 Å². The molecule has 1 aliphatic rings. The molecule has 1 saturated carbocycles. The van der Waals surface area contributed by atoms with Gasteiger partial charge in [0.25, 0.3) is 0 Å². The Bertz CT molecular complexity index is 363. The molecule has 2 N–H and O–H groups in total. The van der Waals surface area contributed by atoms with E-state index < -0.39 is 0 Å². The normalized spacial score (nSPS) is 27.7. The van der Waals surface area contributed by atoms with Crippen LogP contribution < -0.4 is 5.73 Å². The minimum Gasteiger partial charge on any atom is -0.329 e. The van der Waals surface area contributed by atoms with Crippen molar-refractivity contribution in [1.82, 2.24) is 4.90 Å². The van der Waals surface area contributed by atoms with E-state index in [1.165, 1.54) is 24.8 Å². The minimum atomic E-state index is 0.701. The molecule has 106 valence electrons. The predicted octanol–water partition coefficient (Wildman–Crippen LogP) is 3.27. The van der Waals surface area contributed by atoms with Gasteiger partial charge >= 0.3 is 0 Å². The maximum Gasteiger partial charge on any atom is 0.0237 e. The predicted molar refractivity (Wildman–Crippen MR) is 81.9 cm³/mol. The van der Waals surface area contributed by atoms with Crippen LogP contribution in [0, 0.1) is 11.8 Å². The quantitative estimate of drug-likeness (QED) is 0.880. The average Bonchev–Trinajstić information content (AvgIpc) is 2.43. The van der Waals surface area contributed by atoms with E-state index in [0.717, 1.165) is 31.5 Å². The Morgan fingerprint density at radius 3 is 2.58 bits per heavy atom. The van der Waals surface area contributed by atoms with Crippen LogP contribution in [0.25, 0.3) is 0 Å². The summed E-state index contributed by atoms with van der Waals surface area (Å²) in [5.74, 6) is 1.62. The minimum absolute atomic E-state index is 0.701. The van der Waals surface area contributed by atoms with Gasteiger partial charge < -0.3 is 5.73 Å². The molecule has 1 aromatic carbocycles. The molecule has 2 rings (SSSR count). The second-order valence-electron chi connectivity index (χ2n) is 6.08. The lowest BCUT2D eigenvalue weighted by atomic mass is 9.77. The molecule has 0 aliphatic heterocycles. The lowest BCUT2D eigenvalue weighted by molar-refractivity contribution is 0.0774. The zero-order chi connectivity index (χ0) is 13.7. The van der Waals surface area contributed by atoms with Crippen LogP contribution >= 0.6 is 0 Å². The first-order valence-electron chi connectivity index (χ1n) is 7.70. The standard InChI is InChI=1S/C17H28N2/c1-14-7-6-10-17(15(14)2)19(12-11-18)13-16-8-4-3-5-9-16/h3-5,8-9,14-15,17H,6-7,10-13,18H2,1-2H3. The molecule has 1 aromatic rings. The lowest BCUT2D eigenvalue weighted by Crippen LogP contribution is -2.45. The van der Waals surface area contributed by atoms with Gasteiger partial charge in [0.15, 0.2) is 0 Å². The summed E-state index contributed by atoms with van der Waals surface area (Å²) >= 11 is 0. The Labute approximate surface area is 118 Å². The smallest absolute Gasteiger partial charge is 0.0237 e. The van der Waals surface area contributed by atoms with Crippen molar-refractivity contribution in [2.24, 2.45) is 17.6 Å². The average molecular weight is 260 g/mol. The first kappa shape index (κ1) is 14.5. The van der Waals surface area contributed by atoms with Gasteiger partial charge in [0, 0.05) is 25.7 Å². The van der Waals surface area contributed by atoms with Crippen molar-refractivity contribution in [2.75, 3.05) is 13.1 Å². The highest BCUT2D eigenvalue weighted by Crippen LogP contribution is 2.33. The third kappa shape index (κ3) is 3.80. The highest BCUT2D eigenvalue weighted by atomic mass is 15.2. The number of benzene rings is 1. The summed E-state index contributed by atoms with van der Waals surface area (Å²) in [4.78, 5) is 2.61. The third-order valence-electron chi connectivity index (χ3n) is 4.78. The largest absolute Gasteiger partial charge is 0.329 e. The van der Waals surface area contributed by atoms with E-state index in [2.05, 4.69) is 49.1 Å². The summed E-state index contributed by atoms with van der Waals surface area (Å²) in [5.41, 5.74) is 7.23. The zero-order valence-electron chi connectivity index (χ0n) is 12.4. The number of nitrogens with zero attached hydrogens (tertiary/aromatic N) is 1. The molecule has 3 atom stereocenters. The van der Waals surface area contributed by atoms with Gasteiger partial charge in [-0.05, 0) is 23.8 Å². The van der Waals surface area contributed by atoms with E-state index in [0.29, 0.717) is 6.04 Å². The van der Waals surface area contributed by atoms with E-state index in [1.54, 1.807) is 0 Å². The number of nitrogens with two attached hydrogens (primary N) is 1. The fraction of sp³-hybridized carbons (Fsp3) is 0.647. The molecule has 0 bridgehead atoms. The Balaban J connectivity index is 2.06. The van der Waals surface area contributed by atoms with E-state index >= 15 is 0 Å². The van der Waals surface area contributed by atoms with Crippen molar-refractivity contribution in [3.05, 3.63) is 35.9 Å². The summed E-state index contributed by atoms with van der Waals surface area (Å²) in [6, 6.07) is 11.5. The van der Waals surface area contributed by atoms with Crippen LogP contribution in [0.15, 0.2) is 30.3 Å². The molecular weight excluding hydrogens is 232 g/mol. The number of rotatable bonds is 5. The van der Waals surface area contributed by atoms with Crippen LogP contribution in [0.2, 0.25) is 0 Å². The zero-order valence-corrected chi connectivity index (χ0v) is 12.4. The second kappa shape index (κ2) is 7.06. The first-order valence-corrected chi connectivity index (χ1v) is 7.70. The second-order valence-corrected chi connectivity index (χ2v) is 6.08. The van der Waals surface area contributed by atoms with Crippen LogP contribution in [0.5, 0.6) is 0 Å². The molecule has 3 unspecified atom stereocenters. The highest BCUT2D eigenvalue weighted by Gasteiger charge is 2.31. The van der Waals surface area contributed by atoms with Crippen LogP contribution in [0.4, 0.5) is 0 Å². The van der Waals surface area contributed by atoms with Gasteiger partial charge in [-0.25, -0.2) is 0 Å². The van der Waals surface area contributed by atoms with E-state index in [9.17, 15) is 0 Å². The van der Waals surface area contributed by atoms with Crippen molar-refractivity contribution >= 4 is 0 Å². The van der Waals surface area contributed by atoms with Gasteiger partial charge in [0.05, 0.1) is 0 Å². The van der Waals surface area contributed by atoms with Crippen LogP contribution in [0.3, 0.4) is 0 Å². The van der Waals surface area contributed by atoms with E-state index in [-0.39, 0.29) is 0 Å². The van der Waals surface area contributed by atoms with Gasteiger partial charge in [0.2, 0.25) is 0 Å². The van der Waals surface area contributed by atoms with E-state index in [4.69, 9.17) is 5.73 Å². The molecule has 1 aliphatic carbocycles. The van der Waals surface area contributed by atoms with Gasteiger partial charge in [-0.2, -0.15) is 0 Å². The molecule has 2 nitrogen and oxygen atoms in total. The van der Waals surface area contributed by atoms with Crippen molar-refractivity contribution in [2.45, 2.75) is 45.7 Å². The molecule has 0 saturated heterocycles. The third-order valence-corrected chi connectivity index (χ3v) is 4.78. The topological polar surface area (TPSA) is 29.3 Å². The maximum absolute atomic E-state index is 5.83. The summed E-state index contributed by atoms with van der Waals surface area (Å²) in [5, 5.41) is 0. The monoisotopic (exact) mass is 260 g/mol. The summed E-state index contributed by atoms with van der Waals surface area (Å²) < 4.78 is 0. The molecule has 0 aromatic heterocycles. The van der Waals surface area contributed by atoms with Crippen LogP contribution in [0.1, 0.15) is 38.7 Å². The van der Waals surface area contributed by atoms with Crippen molar-refractivity contribution in [3.63, 3.8) is 0 Å². The van der Waals surface area contributed by atoms with E-state index in [1.807, 2.05) is 0 Å². The van der Waals surface area contributed by atoms with Gasteiger partial charge in [0.1, 0.15) is 0 Å². The maximum atomic E-state index is 5.83. The van der Waals surface area contributed by atoms with Crippen molar-refractivity contribution in [3.8, 4) is 0 Å². The fourth-order valence-corrected chi connectivity index (χ4v) is 3.41. The molecular formula is C17H28N2. The molecule has 0 heterocycles. The summed E-state index contributed by atoms with van der Waals surface area (Å²) in [7, 11) is 0. The number of hydrogen-bond acceptors (Lipinski definition) is 2.